The molecule has 3 nitrogen and oxygen atoms in total. The van der Waals surface area contributed by atoms with Crippen molar-refractivity contribution >= 4 is 11.6 Å². The standard InChI is InChI=1S/C15H19FN2O.H2/c1-8(2)12-6-11(7-17)14(16)13(9(3)4)15(12)18-10(5)19;/h6,8-9H,1-5H3,(H,18,19);1H. The van der Waals surface area contributed by atoms with Crippen molar-refractivity contribution in [2.75, 3.05) is 5.32 Å². The average Bonchev–Trinajstić information content (AvgIpc) is 2.27. The maximum atomic E-state index is 14.3. The largest absolute Gasteiger partial charge is 0.326 e. The molecule has 1 aromatic rings. The minimum absolute atomic E-state index is 0. The van der Waals surface area contributed by atoms with Crippen LogP contribution in [0.25, 0.3) is 0 Å². The monoisotopic (exact) mass is 264 g/mol. The molecule has 1 rings (SSSR count). The van der Waals surface area contributed by atoms with Crippen LogP contribution in [0.2, 0.25) is 0 Å². The number of benzene rings is 1. The smallest absolute Gasteiger partial charge is 0.221 e. The zero-order chi connectivity index (χ0) is 14.7. The maximum absolute atomic E-state index is 14.3. The van der Waals surface area contributed by atoms with E-state index in [-0.39, 0.29) is 24.7 Å². The highest BCUT2D eigenvalue weighted by Crippen LogP contribution is 2.36. The fourth-order valence-electron chi connectivity index (χ4n) is 2.10. The van der Waals surface area contributed by atoms with Gasteiger partial charge in [0.05, 0.1) is 11.3 Å². The van der Waals surface area contributed by atoms with Crippen LogP contribution in [0.1, 0.15) is 64.6 Å². The molecule has 0 unspecified atom stereocenters. The Balaban J connectivity index is 0.00000361. The van der Waals surface area contributed by atoms with Gasteiger partial charge >= 0.3 is 0 Å². The summed E-state index contributed by atoms with van der Waals surface area (Å²) in [4.78, 5) is 11.3. The predicted molar refractivity (Wildman–Crippen MR) is 75.7 cm³/mol. The van der Waals surface area contributed by atoms with Gasteiger partial charge in [-0.05, 0) is 23.5 Å². The fourth-order valence-corrected chi connectivity index (χ4v) is 2.10. The summed E-state index contributed by atoms with van der Waals surface area (Å²) in [5.41, 5.74) is 1.73. The third kappa shape index (κ3) is 3.11. The number of amides is 1. The Kier molecular flexibility index (Phi) is 4.66. The lowest BCUT2D eigenvalue weighted by molar-refractivity contribution is -0.114. The number of nitrogens with zero attached hydrogens (tertiary/aromatic N) is 1. The first-order chi connectivity index (χ1) is 8.79. The molecular formula is C15H21FN2O. The second-order valence-corrected chi connectivity index (χ2v) is 5.22. The Labute approximate surface area is 114 Å². The summed E-state index contributed by atoms with van der Waals surface area (Å²) in [6.45, 7) is 8.97. The molecule has 0 saturated heterocycles. The van der Waals surface area contributed by atoms with E-state index in [1.165, 1.54) is 13.0 Å². The Bertz CT molecular complexity index is 548. The molecule has 0 saturated carbocycles. The van der Waals surface area contributed by atoms with Crippen molar-refractivity contribution in [2.45, 2.75) is 46.5 Å². The molecule has 1 amide bonds. The SMILES string of the molecule is CC(=O)Nc1c(C(C)C)cc(C#N)c(F)c1C(C)C.[HH]. The number of rotatable bonds is 3. The second kappa shape index (κ2) is 5.83. The van der Waals surface area contributed by atoms with E-state index in [1.54, 1.807) is 0 Å². The summed E-state index contributed by atoms with van der Waals surface area (Å²) in [5.74, 6) is -0.807. The predicted octanol–water partition coefficient (Wildman–Crippen LogP) is 4.15. The summed E-state index contributed by atoms with van der Waals surface area (Å²) in [6, 6.07) is 3.40. The zero-order valence-corrected chi connectivity index (χ0v) is 12.0. The van der Waals surface area contributed by atoms with Gasteiger partial charge in [0.1, 0.15) is 11.9 Å². The quantitative estimate of drug-likeness (QED) is 0.891. The third-order valence-corrected chi connectivity index (χ3v) is 2.95. The lowest BCUT2D eigenvalue weighted by Crippen LogP contribution is -2.14. The fraction of sp³-hybridized carbons (Fsp3) is 0.467. The zero-order valence-electron chi connectivity index (χ0n) is 12.0. The molecule has 0 spiro atoms. The van der Waals surface area contributed by atoms with Crippen LogP contribution in [0.3, 0.4) is 0 Å². The van der Waals surface area contributed by atoms with Crippen molar-refractivity contribution < 1.29 is 10.6 Å². The van der Waals surface area contributed by atoms with Gasteiger partial charge in [-0.1, -0.05) is 27.7 Å². The highest BCUT2D eigenvalue weighted by atomic mass is 19.1. The van der Waals surface area contributed by atoms with Crippen molar-refractivity contribution in [3.05, 3.63) is 28.6 Å². The third-order valence-electron chi connectivity index (χ3n) is 2.95. The van der Waals surface area contributed by atoms with Crippen LogP contribution in [0, 0.1) is 17.1 Å². The first kappa shape index (κ1) is 15.2. The molecule has 19 heavy (non-hydrogen) atoms. The number of anilines is 1. The molecule has 104 valence electrons. The van der Waals surface area contributed by atoms with Crippen LogP contribution < -0.4 is 5.32 Å². The Morgan fingerprint density at radius 2 is 1.95 bits per heavy atom. The van der Waals surface area contributed by atoms with E-state index in [2.05, 4.69) is 5.32 Å². The molecule has 1 aromatic carbocycles. The summed E-state index contributed by atoms with van der Waals surface area (Å²) in [7, 11) is 0. The normalized spacial score (nSPS) is 10.7. The van der Waals surface area contributed by atoms with Crippen LogP contribution in [0.4, 0.5) is 10.1 Å². The Morgan fingerprint density at radius 3 is 2.32 bits per heavy atom. The number of carbonyl (C=O) groups is 1. The molecule has 0 atom stereocenters. The lowest BCUT2D eigenvalue weighted by Gasteiger charge is -2.21. The molecule has 0 radical (unpaired) electrons. The van der Waals surface area contributed by atoms with Crippen molar-refractivity contribution in [1.29, 1.82) is 5.26 Å². The van der Waals surface area contributed by atoms with Gasteiger partial charge in [0.2, 0.25) is 5.91 Å². The number of nitrogens with one attached hydrogen (secondary N) is 1. The highest BCUT2D eigenvalue weighted by molar-refractivity contribution is 5.91. The van der Waals surface area contributed by atoms with E-state index >= 15 is 0 Å². The van der Waals surface area contributed by atoms with Gasteiger partial charge in [-0.25, -0.2) is 4.39 Å². The van der Waals surface area contributed by atoms with Gasteiger partial charge < -0.3 is 5.32 Å². The van der Waals surface area contributed by atoms with E-state index in [9.17, 15) is 9.18 Å². The van der Waals surface area contributed by atoms with Gasteiger partial charge in [-0.2, -0.15) is 5.26 Å². The van der Waals surface area contributed by atoms with Gasteiger partial charge in [0.25, 0.3) is 0 Å². The van der Waals surface area contributed by atoms with Crippen LogP contribution in [0.5, 0.6) is 0 Å². The molecule has 0 bridgehead atoms. The second-order valence-electron chi connectivity index (χ2n) is 5.22. The molecule has 0 heterocycles. The molecule has 0 aliphatic carbocycles. The van der Waals surface area contributed by atoms with E-state index in [4.69, 9.17) is 5.26 Å². The van der Waals surface area contributed by atoms with Gasteiger partial charge in [0, 0.05) is 13.9 Å². The van der Waals surface area contributed by atoms with Crippen LogP contribution in [-0.4, -0.2) is 5.91 Å². The Hall–Kier alpha value is -1.89. The minimum Gasteiger partial charge on any atom is -0.326 e. The van der Waals surface area contributed by atoms with Gasteiger partial charge in [-0.15, -0.1) is 0 Å². The number of hydrogen-bond acceptors (Lipinski definition) is 2. The summed E-state index contributed by atoms with van der Waals surface area (Å²) in [6.07, 6.45) is 0. The molecule has 0 aliphatic rings. The maximum Gasteiger partial charge on any atom is 0.221 e. The topological polar surface area (TPSA) is 52.9 Å². The van der Waals surface area contributed by atoms with Crippen molar-refractivity contribution in [3.63, 3.8) is 0 Å². The van der Waals surface area contributed by atoms with Gasteiger partial charge in [-0.3, -0.25) is 4.79 Å². The first-order valence-electron chi connectivity index (χ1n) is 6.33. The molecule has 0 fully saturated rings. The number of nitriles is 1. The van der Waals surface area contributed by atoms with Crippen LogP contribution in [-0.2, 0) is 4.79 Å². The van der Waals surface area contributed by atoms with Crippen molar-refractivity contribution in [1.82, 2.24) is 0 Å². The molecule has 4 heteroatoms. The van der Waals surface area contributed by atoms with E-state index in [0.717, 1.165) is 5.56 Å². The first-order valence-corrected chi connectivity index (χ1v) is 6.33. The molecular weight excluding hydrogens is 243 g/mol. The minimum atomic E-state index is -0.536. The Morgan fingerprint density at radius 1 is 1.37 bits per heavy atom. The van der Waals surface area contributed by atoms with Crippen LogP contribution >= 0.6 is 0 Å². The van der Waals surface area contributed by atoms with E-state index in [1.807, 2.05) is 33.8 Å². The highest BCUT2D eigenvalue weighted by Gasteiger charge is 2.22. The molecule has 1 N–H and O–H groups in total. The number of carbonyl (C=O) groups excluding carboxylic acids is 1. The number of halogens is 1. The van der Waals surface area contributed by atoms with Crippen LogP contribution in [0.15, 0.2) is 6.07 Å². The van der Waals surface area contributed by atoms with Gasteiger partial charge in [0.15, 0.2) is 0 Å². The number of hydrogen-bond donors (Lipinski definition) is 1. The molecule has 0 aliphatic heterocycles. The lowest BCUT2D eigenvalue weighted by atomic mass is 9.89. The van der Waals surface area contributed by atoms with Crippen molar-refractivity contribution in [3.8, 4) is 6.07 Å². The van der Waals surface area contributed by atoms with E-state index in [0.29, 0.717) is 11.3 Å². The van der Waals surface area contributed by atoms with E-state index < -0.39 is 5.82 Å². The summed E-state index contributed by atoms with van der Waals surface area (Å²) >= 11 is 0. The molecule has 0 aromatic heterocycles. The average molecular weight is 264 g/mol. The van der Waals surface area contributed by atoms with Crippen molar-refractivity contribution in [2.24, 2.45) is 0 Å². The summed E-state index contributed by atoms with van der Waals surface area (Å²) in [5, 5.41) is 11.7. The summed E-state index contributed by atoms with van der Waals surface area (Å²) < 4.78 is 14.3.